The number of carboxylic acids is 1. The molecule has 1 aliphatic rings. The highest BCUT2D eigenvalue weighted by molar-refractivity contribution is 5.88. The summed E-state index contributed by atoms with van der Waals surface area (Å²) in [4.78, 5) is 23.4. The lowest BCUT2D eigenvalue weighted by Crippen LogP contribution is -2.43. The Kier molecular flexibility index (Phi) is 5.33. The summed E-state index contributed by atoms with van der Waals surface area (Å²) in [6, 6.07) is 16.1. The molecule has 2 N–H and O–H groups in total. The summed E-state index contributed by atoms with van der Waals surface area (Å²) < 4.78 is 6.00. The van der Waals surface area contributed by atoms with Crippen molar-refractivity contribution in [2.45, 2.75) is 37.8 Å². The molecule has 0 aliphatic heterocycles. The van der Waals surface area contributed by atoms with Gasteiger partial charge in [-0.05, 0) is 49.1 Å². The first-order chi connectivity index (χ1) is 12.1. The number of aromatic carboxylic acids is 1. The van der Waals surface area contributed by atoms with Crippen molar-refractivity contribution in [1.82, 2.24) is 5.32 Å². The Morgan fingerprint density at radius 1 is 1.08 bits per heavy atom. The lowest BCUT2D eigenvalue weighted by molar-refractivity contribution is -0.121. The summed E-state index contributed by atoms with van der Waals surface area (Å²) in [5.74, 6) is -0.298. The Morgan fingerprint density at radius 2 is 1.88 bits per heavy atom. The maximum atomic E-state index is 12.3. The van der Waals surface area contributed by atoms with Gasteiger partial charge in [0.1, 0.15) is 11.9 Å². The average molecular weight is 339 g/mol. The molecule has 1 saturated carbocycles. The molecule has 130 valence electrons. The van der Waals surface area contributed by atoms with Crippen LogP contribution in [-0.2, 0) is 11.2 Å². The molecule has 0 saturated heterocycles. The van der Waals surface area contributed by atoms with Gasteiger partial charge in [0.15, 0.2) is 0 Å². The van der Waals surface area contributed by atoms with E-state index in [0.717, 1.165) is 25.0 Å². The second-order valence-electron chi connectivity index (χ2n) is 6.26. The molecule has 0 aromatic heterocycles. The van der Waals surface area contributed by atoms with Gasteiger partial charge in [0.2, 0.25) is 5.91 Å². The van der Waals surface area contributed by atoms with Crippen LogP contribution in [0.3, 0.4) is 0 Å². The maximum absolute atomic E-state index is 12.3. The number of hydrogen-bond donors (Lipinski definition) is 2. The van der Waals surface area contributed by atoms with E-state index in [1.807, 2.05) is 30.3 Å². The first kappa shape index (κ1) is 17.0. The van der Waals surface area contributed by atoms with Crippen LogP contribution < -0.4 is 10.1 Å². The summed E-state index contributed by atoms with van der Waals surface area (Å²) in [7, 11) is 0. The molecule has 25 heavy (non-hydrogen) atoms. The standard InChI is InChI=1S/C20H21NO4/c22-19(13-14-6-4-7-15(12-14)20(23)24)21-17-10-5-11-18(17)25-16-8-2-1-3-9-16/h1-4,6-9,12,17-18H,5,10-11,13H2,(H,21,22)(H,23,24). The van der Waals surface area contributed by atoms with Crippen LogP contribution >= 0.6 is 0 Å². The van der Waals surface area contributed by atoms with Crippen molar-refractivity contribution >= 4 is 11.9 Å². The molecular formula is C20H21NO4. The van der Waals surface area contributed by atoms with Gasteiger partial charge in [0.25, 0.3) is 0 Å². The van der Waals surface area contributed by atoms with Gasteiger partial charge in [-0.15, -0.1) is 0 Å². The zero-order valence-corrected chi connectivity index (χ0v) is 13.9. The smallest absolute Gasteiger partial charge is 0.335 e. The van der Waals surface area contributed by atoms with Gasteiger partial charge in [0, 0.05) is 0 Å². The molecule has 2 aromatic carbocycles. The molecule has 0 bridgehead atoms. The number of para-hydroxylation sites is 1. The fourth-order valence-corrected chi connectivity index (χ4v) is 3.16. The Bertz CT molecular complexity index is 744. The predicted octanol–water partition coefficient (Wildman–Crippen LogP) is 3.04. The Hall–Kier alpha value is -2.82. The van der Waals surface area contributed by atoms with Crippen molar-refractivity contribution in [2.24, 2.45) is 0 Å². The molecule has 3 rings (SSSR count). The van der Waals surface area contributed by atoms with Crippen LogP contribution in [0.2, 0.25) is 0 Å². The summed E-state index contributed by atoms with van der Waals surface area (Å²) >= 11 is 0. The van der Waals surface area contributed by atoms with Crippen LogP contribution in [0.5, 0.6) is 5.75 Å². The summed E-state index contributed by atoms with van der Waals surface area (Å²) in [6.07, 6.45) is 2.94. The summed E-state index contributed by atoms with van der Waals surface area (Å²) in [5.41, 5.74) is 0.882. The topological polar surface area (TPSA) is 75.6 Å². The van der Waals surface area contributed by atoms with Gasteiger partial charge in [0.05, 0.1) is 18.0 Å². The Morgan fingerprint density at radius 3 is 2.64 bits per heavy atom. The van der Waals surface area contributed by atoms with Crippen LogP contribution in [0.4, 0.5) is 0 Å². The molecule has 0 heterocycles. The molecule has 0 radical (unpaired) electrons. The van der Waals surface area contributed by atoms with Crippen molar-refractivity contribution < 1.29 is 19.4 Å². The largest absolute Gasteiger partial charge is 0.488 e. The molecule has 2 atom stereocenters. The van der Waals surface area contributed by atoms with Crippen molar-refractivity contribution in [3.8, 4) is 5.75 Å². The highest BCUT2D eigenvalue weighted by Crippen LogP contribution is 2.24. The number of carbonyl (C=O) groups is 2. The average Bonchev–Trinajstić information content (AvgIpc) is 3.02. The minimum atomic E-state index is -0.991. The molecular weight excluding hydrogens is 318 g/mol. The van der Waals surface area contributed by atoms with E-state index in [2.05, 4.69) is 5.32 Å². The number of carbonyl (C=O) groups excluding carboxylic acids is 1. The van der Waals surface area contributed by atoms with E-state index in [1.165, 1.54) is 12.1 Å². The van der Waals surface area contributed by atoms with Gasteiger partial charge in [-0.2, -0.15) is 0 Å². The Labute approximate surface area is 146 Å². The normalized spacial score (nSPS) is 19.4. The molecule has 5 heteroatoms. The number of amides is 1. The molecule has 1 aliphatic carbocycles. The van der Waals surface area contributed by atoms with E-state index in [9.17, 15) is 9.59 Å². The van der Waals surface area contributed by atoms with Crippen molar-refractivity contribution in [3.63, 3.8) is 0 Å². The predicted molar refractivity (Wildman–Crippen MR) is 93.7 cm³/mol. The highest BCUT2D eigenvalue weighted by atomic mass is 16.5. The molecule has 2 aromatic rings. The maximum Gasteiger partial charge on any atom is 0.335 e. The van der Waals surface area contributed by atoms with E-state index in [0.29, 0.717) is 5.56 Å². The first-order valence-electron chi connectivity index (χ1n) is 8.45. The lowest BCUT2D eigenvalue weighted by atomic mass is 10.1. The molecule has 0 spiro atoms. The number of nitrogens with one attached hydrogen (secondary N) is 1. The van der Waals surface area contributed by atoms with Crippen molar-refractivity contribution in [3.05, 3.63) is 65.7 Å². The lowest BCUT2D eigenvalue weighted by Gasteiger charge is -2.22. The molecule has 5 nitrogen and oxygen atoms in total. The second kappa shape index (κ2) is 7.83. The molecule has 2 unspecified atom stereocenters. The summed E-state index contributed by atoms with van der Waals surface area (Å²) in [6.45, 7) is 0. The van der Waals surface area contributed by atoms with Crippen LogP contribution in [0.15, 0.2) is 54.6 Å². The van der Waals surface area contributed by atoms with Gasteiger partial charge >= 0.3 is 5.97 Å². The number of ether oxygens (including phenoxy) is 1. The van der Waals surface area contributed by atoms with E-state index in [-0.39, 0.29) is 30.0 Å². The molecule has 1 amide bonds. The number of benzene rings is 2. The number of hydrogen-bond acceptors (Lipinski definition) is 3. The first-order valence-corrected chi connectivity index (χ1v) is 8.45. The zero-order valence-electron chi connectivity index (χ0n) is 13.9. The fraction of sp³-hybridized carbons (Fsp3) is 0.300. The van der Waals surface area contributed by atoms with Crippen molar-refractivity contribution in [2.75, 3.05) is 0 Å². The van der Waals surface area contributed by atoms with Crippen molar-refractivity contribution in [1.29, 1.82) is 0 Å². The minimum absolute atomic E-state index is 0.0182. The third-order valence-electron chi connectivity index (χ3n) is 4.37. The van der Waals surface area contributed by atoms with Crippen LogP contribution in [0.25, 0.3) is 0 Å². The van der Waals surface area contributed by atoms with Crippen LogP contribution in [-0.4, -0.2) is 29.1 Å². The van der Waals surface area contributed by atoms with Crippen LogP contribution in [0.1, 0.15) is 35.2 Å². The molecule has 1 fully saturated rings. The van der Waals surface area contributed by atoms with E-state index in [4.69, 9.17) is 9.84 Å². The van der Waals surface area contributed by atoms with Crippen LogP contribution in [0, 0.1) is 0 Å². The highest BCUT2D eigenvalue weighted by Gasteiger charge is 2.30. The fourth-order valence-electron chi connectivity index (χ4n) is 3.16. The second-order valence-corrected chi connectivity index (χ2v) is 6.26. The number of carboxylic acid groups (broad SMARTS) is 1. The van der Waals surface area contributed by atoms with Gasteiger partial charge in [-0.3, -0.25) is 4.79 Å². The van der Waals surface area contributed by atoms with Gasteiger partial charge in [-0.25, -0.2) is 4.79 Å². The third-order valence-corrected chi connectivity index (χ3v) is 4.37. The SMILES string of the molecule is O=C(Cc1cccc(C(=O)O)c1)NC1CCCC1Oc1ccccc1. The minimum Gasteiger partial charge on any atom is -0.488 e. The number of rotatable bonds is 6. The summed E-state index contributed by atoms with van der Waals surface area (Å²) in [5, 5.41) is 12.1. The third kappa shape index (κ3) is 4.59. The zero-order chi connectivity index (χ0) is 17.6. The van der Waals surface area contributed by atoms with E-state index >= 15 is 0 Å². The quantitative estimate of drug-likeness (QED) is 0.848. The van der Waals surface area contributed by atoms with E-state index in [1.54, 1.807) is 12.1 Å². The van der Waals surface area contributed by atoms with Gasteiger partial charge < -0.3 is 15.2 Å². The monoisotopic (exact) mass is 339 g/mol. The van der Waals surface area contributed by atoms with Gasteiger partial charge in [-0.1, -0.05) is 30.3 Å². The van der Waals surface area contributed by atoms with E-state index < -0.39 is 5.97 Å². The Balaban J connectivity index is 1.58.